The lowest BCUT2D eigenvalue weighted by Gasteiger charge is -2.25. The van der Waals surface area contributed by atoms with Crippen molar-refractivity contribution in [3.05, 3.63) is 33.8 Å². The normalized spacial score (nSPS) is 16.9. The standard InChI is InChI=1S/C18H24Cl2N2O2/c1-4-7-22(18(23)8-12(2)3)11-14-10-17(21-24-14)13-5-6-15(19)16(20)9-13/h5-6,9,12,14H,4,7-8,10-11H2,1-3H3/t14-/m1/s1. The minimum absolute atomic E-state index is 0.114. The number of carbonyl (C=O) groups excluding carboxylic acids is 1. The van der Waals surface area contributed by atoms with Crippen LogP contribution in [0.15, 0.2) is 23.4 Å². The Bertz CT molecular complexity index is 617. The number of halogens is 2. The van der Waals surface area contributed by atoms with Crippen LogP contribution in [0.1, 0.15) is 45.6 Å². The fourth-order valence-corrected chi connectivity index (χ4v) is 2.98. The van der Waals surface area contributed by atoms with E-state index in [0.29, 0.717) is 35.3 Å². The Morgan fingerprint density at radius 2 is 2.12 bits per heavy atom. The largest absolute Gasteiger partial charge is 0.390 e. The van der Waals surface area contributed by atoms with E-state index in [-0.39, 0.29) is 12.0 Å². The van der Waals surface area contributed by atoms with E-state index in [0.717, 1.165) is 24.2 Å². The summed E-state index contributed by atoms with van der Waals surface area (Å²) in [5.41, 5.74) is 1.74. The van der Waals surface area contributed by atoms with E-state index in [4.69, 9.17) is 28.0 Å². The Kier molecular flexibility index (Phi) is 6.93. The van der Waals surface area contributed by atoms with E-state index >= 15 is 0 Å². The molecule has 0 saturated carbocycles. The summed E-state index contributed by atoms with van der Waals surface area (Å²) >= 11 is 12.0. The molecule has 1 aliphatic heterocycles. The van der Waals surface area contributed by atoms with Crippen LogP contribution < -0.4 is 0 Å². The van der Waals surface area contributed by atoms with Gasteiger partial charge < -0.3 is 9.74 Å². The Balaban J connectivity index is 1.97. The molecule has 24 heavy (non-hydrogen) atoms. The highest BCUT2D eigenvalue weighted by molar-refractivity contribution is 6.42. The summed E-state index contributed by atoms with van der Waals surface area (Å²) < 4.78 is 0. The van der Waals surface area contributed by atoms with Crippen molar-refractivity contribution < 1.29 is 9.63 Å². The second-order valence-electron chi connectivity index (χ2n) is 6.54. The molecule has 0 aliphatic carbocycles. The molecule has 1 atom stereocenters. The van der Waals surface area contributed by atoms with Gasteiger partial charge in [0.05, 0.1) is 22.3 Å². The number of hydrogen-bond acceptors (Lipinski definition) is 3. The van der Waals surface area contributed by atoms with Crippen molar-refractivity contribution in [3.63, 3.8) is 0 Å². The lowest BCUT2D eigenvalue weighted by molar-refractivity contribution is -0.133. The predicted molar refractivity (Wildman–Crippen MR) is 98.8 cm³/mol. The highest BCUT2D eigenvalue weighted by Gasteiger charge is 2.26. The van der Waals surface area contributed by atoms with Crippen LogP contribution in [0.2, 0.25) is 10.0 Å². The summed E-state index contributed by atoms with van der Waals surface area (Å²) in [5.74, 6) is 0.530. The molecule has 0 spiro atoms. The maximum Gasteiger partial charge on any atom is 0.222 e. The maximum absolute atomic E-state index is 12.4. The fourth-order valence-electron chi connectivity index (χ4n) is 2.68. The van der Waals surface area contributed by atoms with Crippen LogP contribution in [0, 0.1) is 5.92 Å². The first kappa shape index (κ1) is 19.1. The van der Waals surface area contributed by atoms with Gasteiger partial charge in [-0.3, -0.25) is 4.79 Å². The molecular weight excluding hydrogens is 347 g/mol. The number of rotatable bonds is 7. The third-order valence-corrected chi connectivity index (χ3v) is 4.58. The Hall–Kier alpha value is -1.26. The summed E-state index contributed by atoms with van der Waals surface area (Å²) in [4.78, 5) is 19.8. The van der Waals surface area contributed by atoms with Gasteiger partial charge in [-0.25, -0.2) is 0 Å². The fraction of sp³-hybridized carbons (Fsp3) is 0.556. The molecule has 0 radical (unpaired) electrons. The summed E-state index contributed by atoms with van der Waals surface area (Å²) in [7, 11) is 0. The second-order valence-corrected chi connectivity index (χ2v) is 7.35. The molecule has 2 rings (SSSR count). The van der Waals surface area contributed by atoms with Crippen LogP contribution in [0.3, 0.4) is 0 Å². The predicted octanol–water partition coefficient (Wildman–Crippen LogP) is 4.77. The summed E-state index contributed by atoms with van der Waals surface area (Å²) in [6, 6.07) is 5.43. The molecule has 1 aromatic carbocycles. The zero-order chi connectivity index (χ0) is 17.7. The van der Waals surface area contributed by atoms with E-state index in [1.807, 2.05) is 11.0 Å². The molecule has 0 bridgehead atoms. The molecule has 132 valence electrons. The van der Waals surface area contributed by atoms with Crippen molar-refractivity contribution in [2.75, 3.05) is 13.1 Å². The molecule has 1 heterocycles. The van der Waals surface area contributed by atoms with Crippen molar-refractivity contribution >= 4 is 34.8 Å². The van der Waals surface area contributed by atoms with Gasteiger partial charge in [0, 0.05) is 24.9 Å². The topological polar surface area (TPSA) is 41.9 Å². The Morgan fingerprint density at radius 3 is 2.75 bits per heavy atom. The molecule has 4 nitrogen and oxygen atoms in total. The van der Waals surface area contributed by atoms with Gasteiger partial charge in [0.15, 0.2) is 6.10 Å². The van der Waals surface area contributed by atoms with Gasteiger partial charge in [-0.15, -0.1) is 0 Å². The van der Waals surface area contributed by atoms with Gasteiger partial charge in [-0.2, -0.15) is 0 Å². The van der Waals surface area contributed by atoms with E-state index < -0.39 is 0 Å². The summed E-state index contributed by atoms with van der Waals surface area (Å²) in [5, 5.41) is 5.19. The molecule has 1 amide bonds. The third-order valence-electron chi connectivity index (χ3n) is 3.84. The SMILES string of the molecule is CCCN(C[C@H]1CC(c2ccc(Cl)c(Cl)c2)=NO1)C(=O)CC(C)C. The van der Waals surface area contributed by atoms with Gasteiger partial charge in [0.25, 0.3) is 0 Å². The average Bonchev–Trinajstić information content (AvgIpc) is 2.97. The highest BCUT2D eigenvalue weighted by Crippen LogP contribution is 2.26. The smallest absolute Gasteiger partial charge is 0.222 e. The van der Waals surface area contributed by atoms with Gasteiger partial charge in [-0.1, -0.05) is 55.2 Å². The summed E-state index contributed by atoms with van der Waals surface area (Å²) in [6.07, 6.45) is 2.04. The van der Waals surface area contributed by atoms with Crippen LogP contribution in [0.25, 0.3) is 0 Å². The highest BCUT2D eigenvalue weighted by atomic mass is 35.5. The van der Waals surface area contributed by atoms with Crippen LogP contribution in [0.4, 0.5) is 0 Å². The Morgan fingerprint density at radius 1 is 1.38 bits per heavy atom. The zero-order valence-corrected chi connectivity index (χ0v) is 15.9. The summed E-state index contributed by atoms with van der Waals surface area (Å²) in [6.45, 7) is 7.49. The number of benzene rings is 1. The van der Waals surface area contributed by atoms with Crippen molar-refractivity contribution in [1.29, 1.82) is 0 Å². The first-order valence-corrected chi connectivity index (χ1v) is 9.12. The van der Waals surface area contributed by atoms with Gasteiger partial charge in [-0.05, 0) is 24.5 Å². The lowest BCUT2D eigenvalue weighted by atomic mass is 10.0. The quantitative estimate of drug-likeness (QED) is 0.693. The molecule has 1 aliphatic rings. The molecule has 0 unspecified atom stereocenters. The number of oxime groups is 1. The first-order valence-electron chi connectivity index (χ1n) is 8.36. The Labute approximate surface area is 153 Å². The van der Waals surface area contributed by atoms with E-state index in [9.17, 15) is 4.79 Å². The van der Waals surface area contributed by atoms with Crippen molar-refractivity contribution in [3.8, 4) is 0 Å². The number of hydrogen-bond donors (Lipinski definition) is 0. The van der Waals surface area contributed by atoms with Crippen molar-refractivity contribution in [1.82, 2.24) is 4.90 Å². The molecule has 0 saturated heterocycles. The molecule has 0 aromatic heterocycles. The molecule has 1 aromatic rings. The molecular formula is C18H24Cl2N2O2. The van der Waals surface area contributed by atoms with Crippen molar-refractivity contribution in [2.45, 2.75) is 46.1 Å². The molecule has 0 N–H and O–H groups in total. The van der Waals surface area contributed by atoms with Crippen LogP contribution >= 0.6 is 23.2 Å². The molecule has 6 heteroatoms. The minimum Gasteiger partial charge on any atom is -0.390 e. The van der Waals surface area contributed by atoms with Crippen LogP contribution in [0.5, 0.6) is 0 Å². The van der Waals surface area contributed by atoms with Crippen molar-refractivity contribution in [2.24, 2.45) is 11.1 Å². The number of amides is 1. The number of nitrogens with zero attached hydrogens (tertiary/aromatic N) is 2. The maximum atomic E-state index is 12.4. The van der Waals surface area contributed by atoms with Gasteiger partial charge in [0.2, 0.25) is 5.91 Å². The number of carbonyl (C=O) groups is 1. The minimum atomic E-state index is -0.114. The molecule has 0 fully saturated rings. The van der Waals surface area contributed by atoms with E-state index in [2.05, 4.69) is 25.9 Å². The second kappa shape index (κ2) is 8.72. The third kappa shape index (κ3) is 5.12. The van der Waals surface area contributed by atoms with E-state index in [1.54, 1.807) is 12.1 Å². The lowest BCUT2D eigenvalue weighted by Crippen LogP contribution is -2.38. The average molecular weight is 371 g/mol. The van der Waals surface area contributed by atoms with Gasteiger partial charge in [0.1, 0.15) is 0 Å². The monoisotopic (exact) mass is 370 g/mol. The van der Waals surface area contributed by atoms with Gasteiger partial charge >= 0.3 is 0 Å². The zero-order valence-electron chi connectivity index (χ0n) is 14.4. The van der Waals surface area contributed by atoms with Crippen LogP contribution in [-0.4, -0.2) is 35.7 Å². The van der Waals surface area contributed by atoms with Crippen LogP contribution in [-0.2, 0) is 9.63 Å². The van der Waals surface area contributed by atoms with E-state index in [1.165, 1.54) is 0 Å². The first-order chi connectivity index (χ1) is 11.4.